The lowest BCUT2D eigenvalue weighted by molar-refractivity contribution is -0.138. The molecule has 3 aromatic rings. The van der Waals surface area contributed by atoms with E-state index in [1.54, 1.807) is 11.1 Å². The van der Waals surface area contributed by atoms with Gasteiger partial charge in [0, 0.05) is 43.6 Å². The van der Waals surface area contributed by atoms with Crippen molar-refractivity contribution in [1.29, 1.82) is 0 Å². The average Bonchev–Trinajstić information content (AvgIpc) is 3.70. The Bertz CT molecular complexity index is 1440. The monoisotopic (exact) mass is 603 g/mol. The third-order valence-corrected chi connectivity index (χ3v) is 8.30. The lowest BCUT2D eigenvalue weighted by Gasteiger charge is -2.27. The number of nitrogens with two attached hydrogens (primary N) is 1. The number of aromatic nitrogens is 1. The Hall–Kier alpha value is -3.94. The Balaban J connectivity index is 1.23. The van der Waals surface area contributed by atoms with E-state index >= 15 is 0 Å². The van der Waals surface area contributed by atoms with Gasteiger partial charge in [-0.3, -0.25) is 19.4 Å². The molecule has 2 saturated heterocycles. The van der Waals surface area contributed by atoms with Gasteiger partial charge < -0.3 is 42.1 Å². The molecule has 12 heteroatoms. The van der Waals surface area contributed by atoms with E-state index in [0.29, 0.717) is 44.6 Å². The number of carbonyl (C=O) groups is 3. The third kappa shape index (κ3) is 7.96. The van der Waals surface area contributed by atoms with Gasteiger partial charge in [-0.25, -0.2) is 0 Å². The molecule has 3 amide bonds. The first-order chi connectivity index (χ1) is 21.3. The maximum absolute atomic E-state index is 13.8. The lowest BCUT2D eigenvalue weighted by atomic mass is 10.1. The number of nitrogens with zero attached hydrogens (tertiary/aromatic N) is 2. The van der Waals surface area contributed by atoms with Crippen LogP contribution in [0.1, 0.15) is 24.8 Å². The second kappa shape index (κ2) is 14.7. The number of likely N-dealkylation sites (tertiary alicyclic amines) is 1. The number of hydrogen-bond donors (Lipinski definition) is 7. The topological polar surface area (TPSA) is 182 Å². The molecule has 0 aliphatic carbocycles. The highest BCUT2D eigenvalue weighted by Gasteiger charge is 2.43. The number of para-hydroxylation sites is 1. The predicted octanol–water partition coefficient (Wildman–Crippen LogP) is -0.108. The summed E-state index contributed by atoms with van der Waals surface area (Å²) in [6.45, 7) is 0.782. The second-order valence-corrected chi connectivity index (χ2v) is 11.6. The first kappa shape index (κ1) is 31.5. The second-order valence-electron chi connectivity index (χ2n) is 11.6. The van der Waals surface area contributed by atoms with Crippen LogP contribution in [0.2, 0.25) is 0 Å². The van der Waals surface area contributed by atoms with E-state index in [9.17, 15) is 24.6 Å². The maximum atomic E-state index is 13.8. The highest BCUT2D eigenvalue weighted by Crippen LogP contribution is 2.24. The highest BCUT2D eigenvalue weighted by molar-refractivity contribution is 5.99. The molecule has 2 aromatic carbocycles. The molecule has 0 bridgehead atoms. The van der Waals surface area contributed by atoms with Crippen LogP contribution in [-0.2, 0) is 20.8 Å². The quantitative estimate of drug-likeness (QED) is 0.149. The van der Waals surface area contributed by atoms with E-state index in [1.807, 2.05) is 60.7 Å². The van der Waals surface area contributed by atoms with Gasteiger partial charge in [-0.15, -0.1) is 0 Å². The minimum absolute atomic E-state index is 0.193. The molecule has 2 aliphatic rings. The van der Waals surface area contributed by atoms with E-state index in [1.165, 1.54) is 0 Å². The molecule has 2 aliphatic heterocycles. The van der Waals surface area contributed by atoms with Gasteiger partial charge in [-0.2, -0.15) is 0 Å². The Morgan fingerprint density at radius 3 is 2.61 bits per heavy atom. The van der Waals surface area contributed by atoms with Gasteiger partial charge in [0.05, 0.1) is 29.5 Å². The van der Waals surface area contributed by atoms with Crippen LogP contribution >= 0.6 is 0 Å². The van der Waals surface area contributed by atoms with Crippen LogP contribution in [0.15, 0.2) is 66.9 Å². The number of benzene rings is 2. The van der Waals surface area contributed by atoms with E-state index in [2.05, 4.69) is 26.3 Å². The van der Waals surface area contributed by atoms with Crippen LogP contribution in [0.25, 0.3) is 10.9 Å². The number of amides is 3. The molecule has 6 atom stereocenters. The van der Waals surface area contributed by atoms with Gasteiger partial charge in [-0.1, -0.05) is 48.5 Å². The fourth-order valence-electron chi connectivity index (χ4n) is 5.86. The maximum Gasteiger partial charge on any atom is 0.250 e. The number of pyridine rings is 1. The van der Waals surface area contributed by atoms with Gasteiger partial charge in [0.2, 0.25) is 17.7 Å². The summed E-state index contributed by atoms with van der Waals surface area (Å²) in [5, 5.41) is 33.4. The van der Waals surface area contributed by atoms with Crippen molar-refractivity contribution in [2.45, 2.75) is 62.1 Å². The first-order valence-electron chi connectivity index (χ1n) is 15.1. The Morgan fingerprint density at radius 2 is 1.82 bits per heavy atom. The summed E-state index contributed by atoms with van der Waals surface area (Å²) in [6, 6.07) is 17.5. The smallest absolute Gasteiger partial charge is 0.250 e. The van der Waals surface area contributed by atoms with Crippen LogP contribution < -0.4 is 27.0 Å². The summed E-state index contributed by atoms with van der Waals surface area (Å²) in [5.41, 5.74) is 7.88. The fourth-order valence-corrected chi connectivity index (χ4v) is 5.86. The molecule has 12 nitrogen and oxygen atoms in total. The standard InChI is InChI=1S/C32H41N7O5/c33-15-29(41)31(43)38-23-13-27(36-17-23)32(44)39-19-24(34-18-25(40)11-10-20-6-2-1-3-7-20)14-28(39)30(42)37-22-12-21-8-4-5-9-26(21)35-16-22/h1-9,12,16,23-25,27-29,34,36,40-41H,10-11,13-15,17-19,33H2,(H,37,42)(H,38,43)/t23-,24-,25-,27+,28+,29+/m1/s1. The zero-order valence-corrected chi connectivity index (χ0v) is 24.6. The summed E-state index contributed by atoms with van der Waals surface area (Å²) in [7, 11) is 0. The van der Waals surface area contributed by atoms with Gasteiger partial charge in [0.25, 0.3) is 0 Å². The number of aliphatic hydroxyl groups is 2. The van der Waals surface area contributed by atoms with E-state index < -0.39 is 30.2 Å². The van der Waals surface area contributed by atoms with Gasteiger partial charge in [0.15, 0.2) is 0 Å². The van der Waals surface area contributed by atoms with Crippen molar-refractivity contribution in [2.75, 3.05) is 31.5 Å². The average molecular weight is 604 g/mol. The minimum Gasteiger partial charge on any atom is -0.392 e. The highest BCUT2D eigenvalue weighted by atomic mass is 16.3. The molecule has 0 spiro atoms. The SMILES string of the molecule is NC[C@H](O)C(=O)N[C@H]1CN[C@H](C(=O)N2C[C@H](NC[C@H](O)CCc3ccccc3)C[C@H]2C(=O)Nc2cnc3ccccc3c2)C1. The normalized spacial score (nSPS) is 22.9. The molecule has 2 fully saturated rings. The van der Waals surface area contributed by atoms with E-state index in [-0.39, 0.29) is 30.4 Å². The van der Waals surface area contributed by atoms with Gasteiger partial charge >= 0.3 is 0 Å². The number of aliphatic hydroxyl groups excluding tert-OH is 2. The van der Waals surface area contributed by atoms with Crippen molar-refractivity contribution >= 4 is 34.3 Å². The third-order valence-electron chi connectivity index (χ3n) is 8.30. The summed E-state index contributed by atoms with van der Waals surface area (Å²) in [4.78, 5) is 45.5. The van der Waals surface area contributed by atoms with E-state index in [0.717, 1.165) is 22.9 Å². The van der Waals surface area contributed by atoms with Crippen LogP contribution in [0.3, 0.4) is 0 Å². The van der Waals surface area contributed by atoms with Crippen LogP contribution in [0.4, 0.5) is 5.69 Å². The Morgan fingerprint density at radius 1 is 1.05 bits per heavy atom. The van der Waals surface area contributed by atoms with Crippen LogP contribution in [-0.4, -0.2) is 100 Å². The summed E-state index contributed by atoms with van der Waals surface area (Å²) in [6.07, 6.45) is 1.73. The van der Waals surface area contributed by atoms with Crippen molar-refractivity contribution in [2.24, 2.45) is 5.73 Å². The summed E-state index contributed by atoms with van der Waals surface area (Å²) < 4.78 is 0. The molecule has 1 aromatic heterocycles. The summed E-state index contributed by atoms with van der Waals surface area (Å²) in [5.74, 6) is -1.14. The largest absolute Gasteiger partial charge is 0.392 e. The van der Waals surface area contributed by atoms with Crippen molar-refractivity contribution in [3.8, 4) is 0 Å². The van der Waals surface area contributed by atoms with Gasteiger partial charge in [-0.05, 0) is 43.4 Å². The molecule has 3 heterocycles. The number of hydrogen-bond acceptors (Lipinski definition) is 9. The minimum atomic E-state index is -1.31. The van der Waals surface area contributed by atoms with Crippen molar-refractivity contribution in [3.05, 3.63) is 72.4 Å². The number of nitrogens with one attached hydrogen (secondary N) is 4. The number of anilines is 1. The molecule has 8 N–H and O–H groups in total. The number of rotatable bonds is 12. The molecular formula is C32H41N7O5. The van der Waals surface area contributed by atoms with Crippen molar-refractivity contribution in [3.63, 3.8) is 0 Å². The zero-order valence-electron chi connectivity index (χ0n) is 24.6. The first-order valence-corrected chi connectivity index (χ1v) is 15.1. The molecule has 5 rings (SSSR count). The van der Waals surface area contributed by atoms with Crippen molar-refractivity contribution < 1.29 is 24.6 Å². The molecular weight excluding hydrogens is 562 g/mol. The van der Waals surface area contributed by atoms with Crippen molar-refractivity contribution in [1.82, 2.24) is 25.8 Å². The molecule has 0 unspecified atom stereocenters. The van der Waals surface area contributed by atoms with Gasteiger partial charge in [0.1, 0.15) is 12.1 Å². The predicted molar refractivity (Wildman–Crippen MR) is 166 cm³/mol. The Labute approximate surface area is 256 Å². The molecule has 234 valence electrons. The number of aryl methyl sites for hydroxylation is 1. The molecule has 0 radical (unpaired) electrons. The van der Waals surface area contributed by atoms with Crippen LogP contribution in [0, 0.1) is 0 Å². The number of carbonyl (C=O) groups excluding carboxylic acids is 3. The zero-order chi connectivity index (χ0) is 31.1. The Kier molecular flexibility index (Phi) is 10.5. The van der Waals surface area contributed by atoms with E-state index in [4.69, 9.17) is 5.73 Å². The molecule has 0 saturated carbocycles. The summed E-state index contributed by atoms with van der Waals surface area (Å²) >= 11 is 0. The number of fused-ring (bicyclic) bond motifs is 1. The fraction of sp³-hybridized carbons (Fsp3) is 0.438. The molecule has 44 heavy (non-hydrogen) atoms. The van der Waals surface area contributed by atoms with Crippen LogP contribution in [0.5, 0.6) is 0 Å². The lowest BCUT2D eigenvalue weighted by Crippen LogP contribution is -2.50.